The summed E-state index contributed by atoms with van der Waals surface area (Å²) in [6.45, 7) is 1.53. The molecule has 1 aliphatic heterocycles. The maximum atomic E-state index is 6.29. The summed E-state index contributed by atoms with van der Waals surface area (Å²) in [6.07, 6.45) is 0.861. The van der Waals surface area contributed by atoms with E-state index in [0.717, 1.165) is 40.9 Å². The number of hydrogen-bond acceptors (Lipinski definition) is 4. The summed E-state index contributed by atoms with van der Waals surface area (Å²) in [5, 5.41) is 16.5. The Labute approximate surface area is 153 Å². The molecule has 0 spiro atoms. The Morgan fingerprint density at radius 1 is 1.25 bits per heavy atom. The quantitative estimate of drug-likeness (QED) is 0.726. The third-order valence-electron chi connectivity index (χ3n) is 4.22. The highest BCUT2D eigenvalue weighted by atomic mass is 79.9. The molecule has 24 heavy (non-hydrogen) atoms. The Bertz CT molecular complexity index is 865. The molecule has 1 N–H and O–H groups in total. The van der Waals surface area contributed by atoms with Crippen molar-refractivity contribution in [3.05, 3.63) is 63.1 Å². The summed E-state index contributed by atoms with van der Waals surface area (Å²) in [5.74, 6) is 0.784. The van der Waals surface area contributed by atoms with Gasteiger partial charge in [-0.25, -0.2) is 4.68 Å². The van der Waals surface area contributed by atoms with E-state index in [4.69, 9.17) is 11.6 Å². The van der Waals surface area contributed by atoms with E-state index >= 15 is 0 Å². The summed E-state index contributed by atoms with van der Waals surface area (Å²) < 4.78 is 2.71. The number of nitrogens with one attached hydrogen (secondary N) is 1. The van der Waals surface area contributed by atoms with Gasteiger partial charge in [0.2, 0.25) is 0 Å². The Hall–Kier alpha value is -1.76. The van der Waals surface area contributed by atoms with E-state index in [9.17, 15) is 0 Å². The molecule has 0 bridgehead atoms. The standard InChI is InChI=1S/C17H15BrClN5/c18-15-8-14-12(7-16(15)19)6-13(10-24-17(14)21-22-23-24)20-9-11-4-2-1-3-5-11/h1-5,7-8,13,20H,6,9-10H2. The van der Waals surface area contributed by atoms with E-state index in [1.807, 2.05) is 22.9 Å². The van der Waals surface area contributed by atoms with Crippen LogP contribution in [0.2, 0.25) is 5.02 Å². The van der Waals surface area contributed by atoms with Crippen LogP contribution in [0.5, 0.6) is 0 Å². The van der Waals surface area contributed by atoms with Crippen LogP contribution >= 0.6 is 27.5 Å². The van der Waals surface area contributed by atoms with Crippen LogP contribution in [0.1, 0.15) is 11.1 Å². The molecule has 1 atom stereocenters. The highest BCUT2D eigenvalue weighted by molar-refractivity contribution is 9.10. The largest absolute Gasteiger partial charge is 0.308 e. The predicted octanol–water partition coefficient (Wildman–Crippen LogP) is 3.47. The lowest BCUT2D eigenvalue weighted by atomic mass is 10.0. The Morgan fingerprint density at radius 3 is 2.92 bits per heavy atom. The van der Waals surface area contributed by atoms with Crippen molar-refractivity contribution >= 4 is 27.5 Å². The van der Waals surface area contributed by atoms with Gasteiger partial charge in [0.25, 0.3) is 0 Å². The number of tetrazole rings is 1. The third kappa shape index (κ3) is 3.09. The fraction of sp³-hybridized carbons (Fsp3) is 0.235. The molecule has 1 aliphatic rings. The predicted molar refractivity (Wildman–Crippen MR) is 96.7 cm³/mol. The average molecular weight is 405 g/mol. The molecule has 4 rings (SSSR count). The monoisotopic (exact) mass is 403 g/mol. The van der Waals surface area contributed by atoms with Gasteiger partial charge in [-0.2, -0.15) is 0 Å². The summed E-state index contributed by atoms with van der Waals surface area (Å²) in [6, 6.07) is 14.6. The second kappa shape index (κ2) is 6.63. The maximum absolute atomic E-state index is 6.29. The summed E-state index contributed by atoms with van der Waals surface area (Å²) >= 11 is 9.79. The Balaban J connectivity index is 1.64. The van der Waals surface area contributed by atoms with Crippen molar-refractivity contribution in [1.29, 1.82) is 0 Å². The topological polar surface area (TPSA) is 55.6 Å². The molecular weight excluding hydrogens is 390 g/mol. The first-order valence-corrected chi connectivity index (χ1v) is 8.89. The van der Waals surface area contributed by atoms with E-state index in [1.54, 1.807) is 0 Å². The molecule has 1 aromatic heterocycles. The minimum Gasteiger partial charge on any atom is -0.308 e. The van der Waals surface area contributed by atoms with Crippen LogP contribution < -0.4 is 5.32 Å². The average Bonchev–Trinajstić information content (AvgIpc) is 2.99. The van der Waals surface area contributed by atoms with E-state index in [2.05, 4.69) is 61.0 Å². The lowest BCUT2D eigenvalue weighted by molar-refractivity contribution is 0.424. The van der Waals surface area contributed by atoms with Gasteiger partial charge in [0.15, 0.2) is 5.82 Å². The van der Waals surface area contributed by atoms with Crippen molar-refractivity contribution < 1.29 is 0 Å². The number of hydrogen-bond donors (Lipinski definition) is 1. The van der Waals surface area contributed by atoms with Gasteiger partial charge in [0.1, 0.15) is 0 Å². The van der Waals surface area contributed by atoms with Gasteiger partial charge in [-0.05, 0) is 56.0 Å². The second-order valence-corrected chi connectivity index (χ2v) is 7.14. The lowest BCUT2D eigenvalue weighted by Gasteiger charge is -2.17. The van der Waals surface area contributed by atoms with Crippen LogP contribution in [0.15, 0.2) is 46.9 Å². The molecule has 0 saturated heterocycles. The molecule has 122 valence electrons. The molecule has 0 amide bonds. The molecule has 2 aromatic carbocycles. The summed E-state index contributed by atoms with van der Waals surface area (Å²) in [7, 11) is 0. The van der Waals surface area contributed by atoms with Gasteiger partial charge in [0, 0.05) is 22.6 Å². The third-order valence-corrected chi connectivity index (χ3v) is 5.41. The van der Waals surface area contributed by atoms with Gasteiger partial charge < -0.3 is 5.32 Å². The van der Waals surface area contributed by atoms with Gasteiger partial charge in [-0.3, -0.25) is 0 Å². The van der Waals surface area contributed by atoms with Crippen molar-refractivity contribution in [3.8, 4) is 11.4 Å². The molecule has 0 radical (unpaired) electrons. The van der Waals surface area contributed by atoms with Crippen molar-refractivity contribution in [3.63, 3.8) is 0 Å². The minimum atomic E-state index is 0.228. The first kappa shape index (κ1) is 15.7. The van der Waals surface area contributed by atoms with Gasteiger partial charge in [-0.15, -0.1) is 5.10 Å². The number of aromatic nitrogens is 4. The molecule has 0 aliphatic carbocycles. The van der Waals surface area contributed by atoms with E-state index in [1.165, 1.54) is 5.56 Å². The van der Waals surface area contributed by atoms with Crippen molar-refractivity contribution in [2.45, 2.75) is 25.6 Å². The second-order valence-electron chi connectivity index (χ2n) is 5.88. The number of benzene rings is 2. The number of fused-ring (bicyclic) bond motifs is 3. The highest BCUT2D eigenvalue weighted by Gasteiger charge is 2.24. The fourth-order valence-corrected chi connectivity index (χ4v) is 3.55. The highest BCUT2D eigenvalue weighted by Crippen LogP contribution is 2.33. The minimum absolute atomic E-state index is 0.228. The van der Waals surface area contributed by atoms with E-state index in [0.29, 0.717) is 5.02 Å². The van der Waals surface area contributed by atoms with E-state index < -0.39 is 0 Å². The van der Waals surface area contributed by atoms with Crippen LogP contribution in [0.4, 0.5) is 0 Å². The van der Waals surface area contributed by atoms with Crippen LogP contribution in [-0.2, 0) is 19.5 Å². The van der Waals surface area contributed by atoms with Gasteiger partial charge >= 0.3 is 0 Å². The summed E-state index contributed by atoms with van der Waals surface area (Å²) in [5.41, 5.74) is 3.44. The van der Waals surface area contributed by atoms with E-state index in [-0.39, 0.29) is 6.04 Å². The van der Waals surface area contributed by atoms with Crippen molar-refractivity contribution in [2.24, 2.45) is 0 Å². The van der Waals surface area contributed by atoms with Gasteiger partial charge in [0.05, 0.1) is 11.6 Å². The Kier molecular flexibility index (Phi) is 4.35. The number of halogens is 2. The molecule has 7 heteroatoms. The summed E-state index contributed by atoms with van der Waals surface area (Å²) in [4.78, 5) is 0. The SMILES string of the molecule is Clc1cc2c(cc1Br)-c1nnnn1CC(NCc1ccccc1)C2. The van der Waals surface area contributed by atoms with Gasteiger partial charge in [-0.1, -0.05) is 41.9 Å². The first-order valence-electron chi connectivity index (χ1n) is 7.72. The zero-order valence-corrected chi connectivity index (χ0v) is 15.1. The smallest absolute Gasteiger partial charge is 0.182 e. The zero-order valence-electron chi connectivity index (χ0n) is 12.8. The van der Waals surface area contributed by atoms with Crippen LogP contribution in [0.25, 0.3) is 11.4 Å². The lowest BCUT2D eigenvalue weighted by Crippen LogP contribution is -2.34. The molecule has 2 heterocycles. The molecular formula is C17H15BrClN5. The van der Waals surface area contributed by atoms with Crippen molar-refractivity contribution in [1.82, 2.24) is 25.5 Å². The van der Waals surface area contributed by atoms with Crippen LogP contribution in [0.3, 0.4) is 0 Å². The van der Waals surface area contributed by atoms with Crippen LogP contribution in [-0.4, -0.2) is 26.2 Å². The molecule has 5 nitrogen and oxygen atoms in total. The number of rotatable bonds is 3. The fourth-order valence-electron chi connectivity index (χ4n) is 3.02. The maximum Gasteiger partial charge on any atom is 0.182 e. The number of nitrogens with zero attached hydrogens (tertiary/aromatic N) is 4. The normalized spacial score (nSPS) is 16.3. The van der Waals surface area contributed by atoms with Crippen molar-refractivity contribution in [2.75, 3.05) is 0 Å². The zero-order chi connectivity index (χ0) is 16.5. The Morgan fingerprint density at radius 2 is 2.08 bits per heavy atom. The molecule has 0 fully saturated rings. The van der Waals surface area contributed by atoms with Crippen LogP contribution in [0, 0.1) is 0 Å². The molecule has 3 aromatic rings. The molecule has 0 saturated carbocycles. The first-order chi connectivity index (χ1) is 11.7. The molecule has 1 unspecified atom stereocenters.